The van der Waals surface area contributed by atoms with Crippen molar-refractivity contribution in [3.05, 3.63) is 95.1 Å². The van der Waals surface area contributed by atoms with Gasteiger partial charge < -0.3 is 20.1 Å². The zero-order chi connectivity index (χ0) is 39.5. The van der Waals surface area contributed by atoms with Crippen LogP contribution in [-0.4, -0.2) is 51.1 Å². The fourth-order valence-corrected chi connectivity index (χ4v) is 8.07. The molecule has 0 saturated carbocycles. The summed E-state index contributed by atoms with van der Waals surface area (Å²) in [6.45, 7) is 8.82. The van der Waals surface area contributed by atoms with Gasteiger partial charge in [0.05, 0.1) is 43.6 Å². The van der Waals surface area contributed by atoms with Gasteiger partial charge in [-0.3, -0.25) is 9.59 Å². The summed E-state index contributed by atoms with van der Waals surface area (Å²) < 4.78 is 10.4. The van der Waals surface area contributed by atoms with Crippen LogP contribution in [0.5, 0.6) is 0 Å². The van der Waals surface area contributed by atoms with Crippen LogP contribution in [0.1, 0.15) is 138 Å². The number of unbranched alkanes of at least 4 members (excludes halogenated alkanes) is 16. The third kappa shape index (κ3) is 11.8. The molecule has 0 aromatic heterocycles. The zero-order valence-corrected chi connectivity index (χ0v) is 33.5. The first-order chi connectivity index (χ1) is 26.8. The second-order valence-electron chi connectivity index (χ2n) is 15.1. The molecule has 2 N–H and O–H groups in total. The lowest BCUT2D eigenvalue weighted by atomic mass is 9.83. The maximum atomic E-state index is 13.3. The van der Waals surface area contributed by atoms with E-state index in [1.54, 1.807) is 0 Å². The molecular formula is C47H64N2O6. The van der Waals surface area contributed by atoms with Crippen molar-refractivity contribution in [1.29, 1.82) is 0 Å². The van der Waals surface area contributed by atoms with E-state index in [1.165, 1.54) is 91.3 Å². The molecule has 2 aromatic rings. The molecule has 0 atom stereocenters. The third-order valence-electron chi connectivity index (χ3n) is 11.0. The molecule has 0 bridgehead atoms. The molecule has 0 fully saturated rings. The molecule has 8 heteroatoms. The number of esters is 2. The molecule has 2 aliphatic carbocycles. The molecular weight excluding hydrogens is 689 g/mol. The van der Waals surface area contributed by atoms with E-state index in [4.69, 9.17) is 9.47 Å². The number of hydrogen-bond donors (Lipinski definition) is 2. The first kappa shape index (κ1) is 43.3. The number of benzene rings is 2. The van der Waals surface area contributed by atoms with Gasteiger partial charge in [0.15, 0.2) is 0 Å². The number of carbonyl (C=O) groups excluding carboxylic acids is 4. The van der Waals surface area contributed by atoms with Crippen molar-refractivity contribution in [2.75, 3.05) is 27.3 Å². The Kier molecular flexibility index (Phi) is 17.9. The highest BCUT2D eigenvalue weighted by Crippen LogP contribution is 2.67. The average Bonchev–Trinajstić information content (AvgIpc) is 3.81. The second-order valence-corrected chi connectivity index (χ2v) is 15.1. The quantitative estimate of drug-likeness (QED) is 0.0510. The summed E-state index contributed by atoms with van der Waals surface area (Å²) in [6, 6.07) is 11.6. The number of rotatable bonds is 28. The number of carbonyl (C=O) groups is 4. The van der Waals surface area contributed by atoms with Crippen LogP contribution in [0.3, 0.4) is 0 Å². The number of ether oxygens (including phenoxy) is 2. The van der Waals surface area contributed by atoms with Crippen LogP contribution in [0.15, 0.2) is 72.9 Å². The molecule has 0 heterocycles. The van der Waals surface area contributed by atoms with Crippen molar-refractivity contribution in [3.63, 3.8) is 0 Å². The first-order valence-corrected chi connectivity index (χ1v) is 20.8. The van der Waals surface area contributed by atoms with Crippen LogP contribution in [0, 0.1) is 0 Å². The number of amides is 2. The van der Waals surface area contributed by atoms with Gasteiger partial charge in [0.1, 0.15) is 0 Å². The average molecular weight is 753 g/mol. The van der Waals surface area contributed by atoms with E-state index in [-0.39, 0.29) is 35.8 Å². The van der Waals surface area contributed by atoms with Gasteiger partial charge in [0, 0.05) is 13.1 Å². The number of methoxy groups -OCH3 is 2. The van der Waals surface area contributed by atoms with E-state index in [0.29, 0.717) is 13.1 Å². The molecule has 298 valence electrons. The van der Waals surface area contributed by atoms with Gasteiger partial charge in [-0.25, -0.2) is 9.59 Å². The Labute approximate surface area is 329 Å². The van der Waals surface area contributed by atoms with Gasteiger partial charge in [0.2, 0.25) is 11.8 Å². The highest BCUT2D eigenvalue weighted by atomic mass is 16.5. The van der Waals surface area contributed by atoms with Crippen molar-refractivity contribution >= 4 is 23.8 Å². The standard InChI is InChI=1S/C47H64N2O6/c1-5-7-9-11-13-15-17-19-21-23-29-48-41(50)33-35-25-27-37-38-28-26-36(34-42(51)49-30-24-22-20-18-16-14-12-10-8-6-2)32-40(38)47(39(37)31-35)43(45(52)54-3)44(47)46(53)55-4/h5-6,25-28,31-32H,1-2,7-24,29-30,33-34H2,3-4H3,(H,48,50)(H,49,51). The van der Waals surface area contributed by atoms with E-state index in [9.17, 15) is 19.2 Å². The Morgan fingerprint density at radius 2 is 0.891 bits per heavy atom. The maximum Gasteiger partial charge on any atom is 0.335 e. The van der Waals surface area contributed by atoms with Crippen molar-refractivity contribution in [2.24, 2.45) is 0 Å². The molecule has 2 amide bonds. The van der Waals surface area contributed by atoms with Gasteiger partial charge >= 0.3 is 11.9 Å². The van der Waals surface area contributed by atoms with Gasteiger partial charge in [-0.1, -0.05) is 126 Å². The molecule has 0 unspecified atom stereocenters. The fourth-order valence-electron chi connectivity index (χ4n) is 8.07. The van der Waals surface area contributed by atoms with Crippen LogP contribution in [0.4, 0.5) is 0 Å². The fraction of sp³-hybridized carbons (Fsp3) is 0.532. The lowest BCUT2D eigenvalue weighted by molar-refractivity contribution is -0.137. The predicted octanol–water partition coefficient (Wildman–Crippen LogP) is 9.32. The molecule has 0 aliphatic heterocycles. The molecule has 2 aromatic carbocycles. The largest absolute Gasteiger partial charge is 0.466 e. The predicted molar refractivity (Wildman–Crippen MR) is 221 cm³/mol. The Morgan fingerprint density at radius 1 is 0.545 bits per heavy atom. The number of nitrogens with one attached hydrogen (secondary N) is 2. The van der Waals surface area contributed by atoms with E-state index in [1.807, 2.05) is 48.6 Å². The van der Waals surface area contributed by atoms with Gasteiger partial charge in [-0.2, -0.15) is 0 Å². The van der Waals surface area contributed by atoms with Crippen molar-refractivity contribution in [1.82, 2.24) is 10.6 Å². The Hall–Kier alpha value is -4.46. The Bertz CT molecular complexity index is 1550. The minimum atomic E-state index is -1.17. The monoisotopic (exact) mass is 752 g/mol. The SMILES string of the molecule is C=CCCCCCCCCCCNC(=O)Cc1ccc2c(c1)C1(C(C(=O)OC)=C1C(=O)OC)c1cc(CC(=O)NCCCCCCCCCCC=C)ccc1-2. The third-order valence-corrected chi connectivity index (χ3v) is 11.0. The van der Waals surface area contributed by atoms with Crippen molar-refractivity contribution in [2.45, 2.75) is 134 Å². The number of allylic oxidation sites excluding steroid dienone is 2. The van der Waals surface area contributed by atoms with Crippen LogP contribution in [0.2, 0.25) is 0 Å². The highest BCUT2D eigenvalue weighted by molar-refractivity contribution is 6.19. The molecule has 4 rings (SSSR count). The second kappa shape index (κ2) is 22.8. The van der Waals surface area contributed by atoms with E-state index in [2.05, 4.69) is 23.8 Å². The lowest BCUT2D eigenvalue weighted by Crippen LogP contribution is -2.26. The van der Waals surface area contributed by atoms with Gasteiger partial charge in [-0.05, 0) is 71.9 Å². The van der Waals surface area contributed by atoms with E-state index < -0.39 is 17.4 Å². The summed E-state index contributed by atoms with van der Waals surface area (Å²) in [5, 5.41) is 6.13. The van der Waals surface area contributed by atoms with Crippen LogP contribution >= 0.6 is 0 Å². The Morgan fingerprint density at radius 3 is 1.24 bits per heavy atom. The number of fused-ring (bicyclic) bond motifs is 5. The van der Waals surface area contributed by atoms with E-state index in [0.717, 1.165) is 71.9 Å². The number of hydrogen-bond acceptors (Lipinski definition) is 6. The summed E-state index contributed by atoms with van der Waals surface area (Å²) in [6.07, 6.45) is 25.4. The minimum absolute atomic E-state index is 0.0694. The summed E-state index contributed by atoms with van der Waals surface area (Å²) >= 11 is 0. The molecule has 55 heavy (non-hydrogen) atoms. The smallest absolute Gasteiger partial charge is 0.335 e. The normalized spacial score (nSPS) is 13.2. The summed E-state index contributed by atoms with van der Waals surface area (Å²) in [4.78, 5) is 52.6. The summed E-state index contributed by atoms with van der Waals surface area (Å²) in [5.74, 6) is -1.35. The van der Waals surface area contributed by atoms with Crippen molar-refractivity contribution in [3.8, 4) is 11.1 Å². The first-order valence-electron chi connectivity index (χ1n) is 20.8. The van der Waals surface area contributed by atoms with Gasteiger partial charge in [0.25, 0.3) is 0 Å². The minimum Gasteiger partial charge on any atom is -0.466 e. The van der Waals surface area contributed by atoms with Gasteiger partial charge in [-0.15, -0.1) is 13.2 Å². The lowest BCUT2D eigenvalue weighted by Gasteiger charge is -2.18. The van der Waals surface area contributed by atoms with Crippen LogP contribution in [0.25, 0.3) is 11.1 Å². The van der Waals surface area contributed by atoms with E-state index >= 15 is 0 Å². The maximum absolute atomic E-state index is 13.3. The molecule has 8 nitrogen and oxygen atoms in total. The molecule has 0 radical (unpaired) electrons. The molecule has 0 saturated heterocycles. The van der Waals surface area contributed by atoms with Crippen LogP contribution in [-0.2, 0) is 46.9 Å². The molecule has 1 spiro atoms. The summed E-state index contributed by atoms with van der Waals surface area (Å²) in [5.41, 5.74) is 4.10. The van der Waals surface area contributed by atoms with Crippen LogP contribution < -0.4 is 10.6 Å². The summed E-state index contributed by atoms with van der Waals surface area (Å²) in [7, 11) is 2.60. The zero-order valence-electron chi connectivity index (χ0n) is 33.5. The topological polar surface area (TPSA) is 111 Å². The highest BCUT2D eigenvalue weighted by Gasteiger charge is 2.67. The van der Waals surface area contributed by atoms with Crippen molar-refractivity contribution < 1.29 is 28.7 Å². The Balaban J connectivity index is 1.36. The molecule has 2 aliphatic rings.